The van der Waals surface area contributed by atoms with Gasteiger partial charge in [-0.15, -0.1) is 0 Å². The number of rotatable bonds is 3. The minimum absolute atomic E-state index is 0.0382. The van der Waals surface area contributed by atoms with Gasteiger partial charge in [-0.1, -0.05) is 29.8 Å². The van der Waals surface area contributed by atoms with Crippen LogP contribution in [0, 0.1) is 0 Å². The molecule has 0 amide bonds. The van der Waals surface area contributed by atoms with Crippen molar-refractivity contribution in [1.82, 2.24) is 9.55 Å². The molecule has 21 heavy (non-hydrogen) atoms. The van der Waals surface area contributed by atoms with E-state index < -0.39 is 5.97 Å². The number of aromatic carboxylic acids is 1. The highest BCUT2D eigenvalue weighted by atomic mass is 35.5. The molecule has 1 N–H and O–H groups in total. The lowest BCUT2D eigenvalue weighted by atomic mass is 10.2. The summed E-state index contributed by atoms with van der Waals surface area (Å²) < 4.78 is 6.71. The van der Waals surface area contributed by atoms with Crippen molar-refractivity contribution >= 4 is 28.5 Å². The number of hydrogen-bond donors (Lipinski definition) is 1. The fraction of sp³-hybridized carbons (Fsp3) is 0.0667. The first-order valence-corrected chi connectivity index (χ1v) is 6.54. The minimum Gasteiger partial charge on any atom is -0.481 e. The summed E-state index contributed by atoms with van der Waals surface area (Å²) in [5.74, 6) is -0.750. The molecule has 0 aliphatic rings. The number of para-hydroxylation sites is 1. The van der Waals surface area contributed by atoms with Gasteiger partial charge in [-0.05, 0) is 12.1 Å². The summed E-state index contributed by atoms with van der Waals surface area (Å²) in [4.78, 5) is 15.7. The zero-order valence-corrected chi connectivity index (χ0v) is 11.8. The zero-order valence-electron chi connectivity index (χ0n) is 11.1. The van der Waals surface area contributed by atoms with E-state index in [1.54, 1.807) is 16.8 Å². The van der Waals surface area contributed by atoms with Crippen molar-refractivity contribution in [2.24, 2.45) is 0 Å². The second kappa shape index (κ2) is 5.10. The van der Waals surface area contributed by atoms with Crippen LogP contribution >= 0.6 is 11.6 Å². The summed E-state index contributed by atoms with van der Waals surface area (Å²) in [5.41, 5.74) is 1.42. The Labute approximate surface area is 125 Å². The Morgan fingerprint density at radius 1 is 1.33 bits per heavy atom. The normalized spacial score (nSPS) is 10.8. The molecule has 3 rings (SSSR count). The molecule has 0 spiro atoms. The maximum absolute atomic E-state index is 11.5. The highest BCUT2D eigenvalue weighted by molar-refractivity contribution is 6.35. The summed E-state index contributed by atoms with van der Waals surface area (Å²) in [6.45, 7) is 0. The molecule has 0 saturated heterocycles. The van der Waals surface area contributed by atoms with E-state index in [1.807, 2.05) is 30.3 Å². The zero-order chi connectivity index (χ0) is 15.0. The number of carboxylic acid groups (broad SMARTS) is 1. The molecule has 0 bridgehead atoms. The number of carbonyl (C=O) groups is 1. The molecule has 6 heteroatoms. The maximum Gasteiger partial charge on any atom is 0.339 e. The van der Waals surface area contributed by atoms with Crippen molar-refractivity contribution in [2.45, 2.75) is 0 Å². The van der Waals surface area contributed by atoms with Crippen LogP contribution in [0.4, 0.5) is 0 Å². The largest absolute Gasteiger partial charge is 0.481 e. The van der Waals surface area contributed by atoms with Gasteiger partial charge in [0.2, 0.25) is 5.88 Å². The third-order valence-electron chi connectivity index (χ3n) is 3.21. The predicted octanol–water partition coefficient (Wildman–Crippen LogP) is 3.39. The van der Waals surface area contributed by atoms with Crippen LogP contribution in [0.15, 0.2) is 42.6 Å². The van der Waals surface area contributed by atoms with Gasteiger partial charge in [0.15, 0.2) is 0 Å². The third-order valence-corrected chi connectivity index (χ3v) is 3.57. The monoisotopic (exact) mass is 302 g/mol. The number of halogens is 1. The van der Waals surface area contributed by atoms with Crippen molar-refractivity contribution < 1.29 is 14.6 Å². The van der Waals surface area contributed by atoms with Crippen LogP contribution in [0.3, 0.4) is 0 Å². The maximum atomic E-state index is 11.5. The van der Waals surface area contributed by atoms with Crippen LogP contribution in [-0.4, -0.2) is 27.7 Å². The van der Waals surface area contributed by atoms with E-state index in [1.165, 1.54) is 7.11 Å². The molecule has 106 valence electrons. The van der Waals surface area contributed by atoms with Gasteiger partial charge in [-0.2, -0.15) is 0 Å². The fourth-order valence-corrected chi connectivity index (χ4v) is 2.65. The average molecular weight is 303 g/mol. The molecule has 2 heterocycles. The van der Waals surface area contributed by atoms with E-state index in [9.17, 15) is 9.90 Å². The average Bonchev–Trinajstić information content (AvgIpc) is 2.79. The van der Waals surface area contributed by atoms with Crippen LogP contribution in [-0.2, 0) is 0 Å². The van der Waals surface area contributed by atoms with E-state index in [4.69, 9.17) is 16.3 Å². The van der Waals surface area contributed by atoms with Crippen molar-refractivity contribution in [3.05, 3.63) is 53.3 Å². The van der Waals surface area contributed by atoms with Crippen molar-refractivity contribution in [2.75, 3.05) is 7.11 Å². The highest BCUT2D eigenvalue weighted by Crippen LogP contribution is 2.34. The van der Waals surface area contributed by atoms with E-state index in [0.29, 0.717) is 16.8 Å². The summed E-state index contributed by atoms with van der Waals surface area (Å²) in [6, 6.07) is 10.9. The van der Waals surface area contributed by atoms with Gasteiger partial charge >= 0.3 is 5.97 Å². The lowest BCUT2D eigenvalue weighted by molar-refractivity contribution is 0.0699. The number of nitrogens with zero attached hydrogens (tertiary/aromatic N) is 2. The molecular formula is C15H11ClN2O3. The first-order chi connectivity index (χ1) is 10.1. The Balaban J connectivity index is 2.40. The summed E-state index contributed by atoms with van der Waals surface area (Å²) in [7, 11) is 1.48. The molecule has 0 radical (unpaired) electrons. The SMILES string of the molecule is COc1cc2c(C(=O)O)c(Cl)n(-c3ccccc3)c2cn1. The summed E-state index contributed by atoms with van der Waals surface area (Å²) >= 11 is 6.29. The first kappa shape index (κ1) is 13.5. The van der Waals surface area contributed by atoms with Gasteiger partial charge in [-0.3, -0.25) is 4.57 Å². The minimum atomic E-state index is -1.09. The molecule has 0 aliphatic heterocycles. The van der Waals surface area contributed by atoms with Gasteiger partial charge in [0.05, 0.1) is 18.8 Å². The van der Waals surface area contributed by atoms with Gasteiger partial charge in [0.1, 0.15) is 10.7 Å². The molecule has 2 aromatic heterocycles. The summed E-state index contributed by atoms with van der Waals surface area (Å²) in [6.07, 6.45) is 1.56. The molecule has 5 nitrogen and oxygen atoms in total. The number of aromatic nitrogens is 2. The Bertz CT molecular complexity index is 828. The Morgan fingerprint density at radius 3 is 2.67 bits per heavy atom. The molecule has 0 aliphatic carbocycles. The van der Waals surface area contributed by atoms with E-state index in [0.717, 1.165) is 5.69 Å². The van der Waals surface area contributed by atoms with E-state index in [2.05, 4.69) is 4.98 Å². The van der Waals surface area contributed by atoms with Crippen molar-refractivity contribution in [3.63, 3.8) is 0 Å². The van der Waals surface area contributed by atoms with Crippen LogP contribution in [0.25, 0.3) is 16.6 Å². The summed E-state index contributed by atoms with van der Waals surface area (Å²) in [5, 5.41) is 10.1. The Morgan fingerprint density at radius 2 is 2.05 bits per heavy atom. The third kappa shape index (κ3) is 2.11. The Kier molecular flexibility index (Phi) is 3.27. The number of benzene rings is 1. The highest BCUT2D eigenvalue weighted by Gasteiger charge is 2.22. The molecule has 3 aromatic rings. The number of methoxy groups -OCH3 is 1. The number of pyridine rings is 1. The van der Waals surface area contributed by atoms with Gasteiger partial charge in [0.25, 0.3) is 0 Å². The molecule has 1 aromatic carbocycles. The molecule has 0 saturated carbocycles. The smallest absolute Gasteiger partial charge is 0.339 e. The number of hydrogen-bond acceptors (Lipinski definition) is 3. The fourth-order valence-electron chi connectivity index (χ4n) is 2.28. The van der Waals surface area contributed by atoms with E-state index >= 15 is 0 Å². The number of carboxylic acids is 1. The van der Waals surface area contributed by atoms with E-state index in [-0.39, 0.29) is 10.7 Å². The predicted molar refractivity (Wildman–Crippen MR) is 79.6 cm³/mol. The molecule has 0 fully saturated rings. The van der Waals surface area contributed by atoms with Crippen molar-refractivity contribution in [3.8, 4) is 11.6 Å². The van der Waals surface area contributed by atoms with Gasteiger partial charge < -0.3 is 9.84 Å². The first-order valence-electron chi connectivity index (χ1n) is 6.16. The second-order valence-corrected chi connectivity index (χ2v) is 4.74. The lowest BCUT2D eigenvalue weighted by Crippen LogP contribution is -1.98. The molecule has 0 unspecified atom stereocenters. The van der Waals surface area contributed by atoms with Gasteiger partial charge in [0, 0.05) is 17.1 Å². The van der Waals surface area contributed by atoms with Crippen molar-refractivity contribution in [1.29, 1.82) is 0 Å². The van der Waals surface area contributed by atoms with Gasteiger partial charge in [-0.25, -0.2) is 9.78 Å². The van der Waals surface area contributed by atoms with Crippen LogP contribution in [0.5, 0.6) is 5.88 Å². The Hall–Kier alpha value is -2.53. The lowest BCUT2D eigenvalue weighted by Gasteiger charge is -2.06. The number of ether oxygens (including phenoxy) is 1. The second-order valence-electron chi connectivity index (χ2n) is 4.39. The molecular weight excluding hydrogens is 292 g/mol. The van der Waals surface area contributed by atoms with Crippen LogP contribution < -0.4 is 4.74 Å². The topological polar surface area (TPSA) is 64.3 Å². The van der Waals surface area contributed by atoms with Crippen LogP contribution in [0.2, 0.25) is 5.15 Å². The quantitative estimate of drug-likeness (QED) is 0.805. The standard InChI is InChI=1S/C15H11ClN2O3/c1-21-12-7-10-11(8-17-12)18(9-5-3-2-4-6-9)14(16)13(10)15(19)20/h2-8H,1H3,(H,19,20). The van der Waals surface area contributed by atoms with Crippen LogP contribution in [0.1, 0.15) is 10.4 Å². The number of fused-ring (bicyclic) bond motifs is 1. The molecule has 0 atom stereocenters.